The van der Waals surface area contributed by atoms with Gasteiger partial charge in [0.1, 0.15) is 57.2 Å². The van der Waals surface area contributed by atoms with Gasteiger partial charge in [-0.3, -0.25) is 29.5 Å². The van der Waals surface area contributed by atoms with Gasteiger partial charge in [0.25, 0.3) is 11.6 Å². The number of carbonyl (C=O) groups excluding carboxylic acids is 2. The first-order valence-corrected chi connectivity index (χ1v) is 33.9. The molecule has 0 bridgehead atoms. The molecule has 0 spiro atoms. The van der Waals surface area contributed by atoms with Gasteiger partial charge in [0.15, 0.2) is 22.0 Å². The van der Waals surface area contributed by atoms with Crippen molar-refractivity contribution in [2.24, 2.45) is 27.6 Å². The smallest absolute Gasteiger partial charge is 0.418 e. The Morgan fingerprint density at radius 2 is 1.30 bits per heavy atom. The van der Waals surface area contributed by atoms with Crippen LogP contribution >= 0.6 is 23.5 Å². The van der Waals surface area contributed by atoms with Crippen LogP contribution in [0.3, 0.4) is 0 Å². The zero-order valence-electron chi connectivity index (χ0n) is 49.6. The fraction of sp³-hybridized carbons (Fsp3) is 0.492. The third-order valence-electron chi connectivity index (χ3n) is 15.7. The standard InChI is InChI=1S/C31H37F2N5O5SSi.C25H24F2N6OS.C5H11N/c1-29(2,3)43-28(41)38(18-42-11-12-45(6,7)8)27-37-30(4,24-15-31(24,44-27)26(39)40)20-13-19(9-10-21(20)32)14-22(33)23-16-36-25(34-5)17-35-23;1-24(20-12-25(20,35-23(28)32-24)22(34)33-8-4-3-5-9-33)16-10-15(6-7-17(16)26)11-18(27)19-13-31-21(29-2)14-30-19;1-2-4-6-5-3-1/h9-10,13-14,16-17,24H,11-12,15,18H2,1-4,6-8H3,(H,39,40);6-7,10-11,13-14,20H,3-5,8-9,12H2,1H3,(H2,28,32);6H,1-5H2/b22-14-;18-11-;/t24-,30+,31-;20-,24+,25-;/m00./s1. The van der Waals surface area contributed by atoms with Gasteiger partial charge in [-0.15, -0.1) is 9.97 Å². The molecule has 0 unspecified atom stereocenters. The summed E-state index contributed by atoms with van der Waals surface area (Å²) in [5.74, 6) is -4.38. The maximum absolute atomic E-state index is 15.6. The predicted octanol–water partition coefficient (Wildman–Crippen LogP) is 12.8. The second-order valence-electron chi connectivity index (χ2n) is 24.6. The summed E-state index contributed by atoms with van der Waals surface area (Å²) in [5.41, 5.74) is 3.73. The van der Waals surface area contributed by atoms with Gasteiger partial charge in [-0.05, 0) is 146 Å². The SMILES string of the molecule is C1CCNCC1.[C-]#[N+]c1cnc(/C(F)=C/c2ccc(F)c([C@@]3(C)N=C(N(COCC[Si](C)(C)C)C(=O)OC(C)(C)C)S[C@@]4(C(=O)O)C[C@H]43)c2)cn1.[C-]#[N+]c1cnc(/C(F)=C/c2ccc(F)c([C@@]3(C)N=C(N)S[C@@]4(C(=O)N5CCCCC5)C[C@H]43)c2)cn1. The lowest BCUT2D eigenvalue weighted by Gasteiger charge is -2.37. The summed E-state index contributed by atoms with van der Waals surface area (Å²) in [7, 11) is -1.45. The maximum atomic E-state index is 15.6. The van der Waals surface area contributed by atoms with Crippen LogP contribution in [0, 0.1) is 36.6 Å². The molecule has 2 saturated heterocycles. The monoisotopic (exact) mass is 1240 g/mol. The van der Waals surface area contributed by atoms with Crippen LogP contribution in [0.1, 0.15) is 120 Å². The molecule has 0 radical (unpaired) electrons. The molecule has 18 nitrogen and oxygen atoms in total. The van der Waals surface area contributed by atoms with E-state index in [1.165, 1.54) is 97.8 Å². The summed E-state index contributed by atoms with van der Waals surface area (Å²) in [5, 5.41) is 13.9. The van der Waals surface area contributed by atoms with E-state index in [1.807, 2.05) is 4.90 Å². The lowest BCUT2D eigenvalue weighted by atomic mass is 9.84. The predicted molar refractivity (Wildman–Crippen MR) is 330 cm³/mol. The van der Waals surface area contributed by atoms with Crippen LogP contribution in [0.15, 0.2) is 71.2 Å². The number of hydrogen-bond donors (Lipinski definition) is 3. The quantitative estimate of drug-likeness (QED) is 0.0373. The molecule has 4 aliphatic heterocycles. The Kier molecular flexibility index (Phi) is 20.0. The van der Waals surface area contributed by atoms with Crippen LogP contribution < -0.4 is 11.1 Å². The second kappa shape index (κ2) is 26.5. The van der Waals surface area contributed by atoms with E-state index in [0.717, 1.165) is 68.6 Å². The highest BCUT2D eigenvalue weighted by molar-refractivity contribution is 8.16. The molecular weight excluding hydrogens is 1160 g/mol. The zero-order valence-corrected chi connectivity index (χ0v) is 52.2. The molecule has 2 aromatic carbocycles. The van der Waals surface area contributed by atoms with E-state index < -0.39 is 75.5 Å². The minimum absolute atomic E-state index is 0.0144. The van der Waals surface area contributed by atoms with Crippen LogP contribution in [0.25, 0.3) is 33.5 Å². The van der Waals surface area contributed by atoms with E-state index in [-0.39, 0.29) is 75.0 Å². The number of likely N-dealkylation sites (tertiary alicyclic amines) is 1. The Morgan fingerprint density at radius 3 is 1.76 bits per heavy atom. The normalized spacial score (nSPS) is 25.1. The van der Waals surface area contributed by atoms with E-state index in [0.29, 0.717) is 18.6 Å². The van der Waals surface area contributed by atoms with Crippen molar-refractivity contribution < 1.29 is 46.5 Å². The van der Waals surface area contributed by atoms with Gasteiger partial charge in [0.05, 0.1) is 23.5 Å². The second-order valence-corrected chi connectivity index (χ2v) is 32.8. The highest BCUT2D eigenvalue weighted by Crippen LogP contribution is 2.68. The summed E-state index contributed by atoms with van der Waals surface area (Å²) in [6.45, 7) is 33.2. The molecule has 456 valence electrons. The van der Waals surface area contributed by atoms with Crippen LogP contribution in [-0.2, 0) is 30.1 Å². The number of carbonyl (C=O) groups is 3. The van der Waals surface area contributed by atoms with Gasteiger partial charge in [0.2, 0.25) is 5.91 Å². The third-order valence-corrected chi connectivity index (χ3v) is 20.2. The summed E-state index contributed by atoms with van der Waals surface area (Å²) in [4.78, 5) is 73.9. The number of aromatic nitrogens is 4. The highest BCUT2D eigenvalue weighted by atomic mass is 32.2. The number of piperidine rings is 2. The first-order valence-electron chi connectivity index (χ1n) is 28.5. The van der Waals surface area contributed by atoms with E-state index in [4.69, 9.17) is 33.3 Å². The van der Waals surface area contributed by atoms with Crippen LogP contribution in [0.4, 0.5) is 34.0 Å². The van der Waals surface area contributed by atoms with Crippen molar-refractivity contribution in [2.75, 3.05) is 39.5 Å². The molecule has 2 aromatic heterocycles. The molecule has 4 N–H and O–H groups in total. The van der Waals surface area contributed by atoms with Gasteiger partial charge >= 0.3 is 12.1 Å². The topological polar surface area (TPSA) is 219 Å². The number of amides is 2. The molecular formula is C61H72F4N12O6S2Si. The van der Waals surface area contributed by atoms with Crippen molar-refractivity contribution in [3.05, 3.63) is 129 Å². The van der Waals surface area contributed by atoms with Crippen molar-refractivity contribution in [1.29, 1.82) is 0 Å². The van der Waals surface area contributed by atoms with Crippen molar-refractivity contribution in [2.45, 2.75) is 138 Å². The minimum Gasteiger partial charge on any atom is -0.480 e. The summed E-state index contributed by atoms with van der Waals surface area (Å²) in [6, 6.07) is 9.09. The third kappa shape index (κ3) is 15.0. The van der Waals surface area contributed by atoms with Crippen LogP contribution in [0.5, 0.6) is 0 Å². The molecule has 25 heteroatoms. The Bertz CT molecular complexity index is 3400. The average Bonchev–Trinajstić information content (AvgIpc) is 1.54. The van der Waals surface area contributed by atoms with Gasteiger partial charge in [-0.2, -0.15) is 0 Å². The number of aliphatic imine (C=N–C) groups is 2. The fourth-order valence-corrected chi connectivity index (χ4v) is 14.6. The van der Waals surface area contributed by atoms with Gasteiger partial charge in [-0.1, -0.05) is 74.9 Å². The number of carboxylic acid groups (broad SMARTS) is 1. The Labute approximate surface area is 508 Å². The molecule has 6 aliphatic rings. The molecule has 4 aromatic rings. The summed E-state index contributed by atoms with van der Waals surface area (Å²) in [6.07, 6.45) is 14.3. The number of hydrogen-bond acceptors (Lipinski definition) is 15. The number of thioether (sulfide) groups is 2. The molecule has 6 heterocycles. The molecule has 2 saturated carbocycles. The lowest BCUT2D eigenvalue weighted by molar-refractivity contribution is -0.137. The Balaban J connectivity index is 0.000000208. The first kappa shape index (κ1) is 65.0. The van der Waals surface area contributed by atoms with Crippen LogP contribution in [0.2, 0.25) is 25.7 Å². The number of amidine groups is 2. The first-order chi connectivity index (χ1) is 40.6. The molecule has 4 fully saturated rings. The number of fused-ring (bicyclic) bond motifs is 2. The number of rotatable bonds is 13. The molecule has 2 amide bonds. The minimum atomic E-state index is -1.45. The van der Waals surface area contributed by atoms with E-state index in [9.17, 15) is 23.9 Å². The maximum Gasteiger partial charge on any atom is 0.418 e. The number of ether oxygens (including phenoxy) is 2. The lowest BCUT2D eigenvalue weighted by Crippen LogP contribution is -2.47. The van der Waals surface area contributed by atoms with E-state index in [2.05, 4.69) is 59.6 Å². The van der Waals surface area contributed by atoms with Gasteiger partial charge in [-0.25, -0.2) is 27.3 Å². The highest BCUT2D eigenvalue weighted by Gasteiger charge is 2.73. The van der Waals surface area contributed by atoms with Gasteiger partial charge < -0.3 is 40.2 Å². The van der Waals surface area contributed by atoms with Crippen LogP contribution in [-0.4, -0.2) is 126 Å². The average molecular weight is 1240 g/mol. The van der Waals surface area contributed by atoms with Crippen molar-refractivity contribution >= 4 is 95.3 Å². The number of nitrogens with zero attached hydrogens (tertiary/aromatic N) is 10. The van der Waals surface area contributed by atoms with Crippen molar-refractivity contribution in [1.82, 2.24) is 35.1 Å². The van der Waals surface area contributed by atoms with E-state index >= 15 is 13.2 Å². The Hall–Kier alpha value is -7.03. The number of nitrogens with two attached hydrogens (primary N) is 1. The molecule has 10 rings (SSSR count). The largest absolute Gasteiger partial charge is 0.480 e. The Morgan fingerprint density at radius 1 is 0.791 bits per heavy atom. The van der Waals surface area contributed by atoms with Crippen molar-refractivity contribution in [3.63, 3.8) is 0 Å². The number of nitrogens with one attached hydrogen (secondary N) is 1. The number of halogens is 4. The molecule has 6 atom stereocenters. The number of carboxylic acids is 1. The molecule has 86 heavy (non-hydrogen) atoms. The summed E-state index contributed by atoms with van der Waals surface area (Å²) < 4.78 is 70.1. The van der Waals surface area contributed by atoms with E-state index in [1.54, 1.807) is 40.7 Å². The number of benzene rings is 2. The van der Waals surface area contributed by atoms with Crippen molar-refractivity contribution in [3.8, 4) is 0 Å². The van der Waals surface area contributed by atoms with Gasteiger partial charge in [0, 0.05) is 50.7 Å². The number of aliphatic carboxylic acids is 1. The fourth-order valence-electron chi connectivity index (χ4n) is 10.9. The summed E-state index contributed by atoms with van der Waals surface area (Å²) >= 11 is 2.22. The molecule has 2 aliphatic carbocycles. The zero-order chi connectivity index (χ0) is 62.4.